The minimum atomic E-state index is -0.408. The van der Waals surface area contributed by atoms with E-state index in [0.717, 1.165) is 6.42 Å². The quantitative estimate of drug-likeness (QED) is 0.644. The normalized spacial score (nSPS) is 36.9. The third kappa shape index (κ3) is 2.57. The molecule has 0 aromatic heterocycles. The van der Waals surface area contributed by atoms with Gasteiger partial charge in [0, 0.05) is 17.8 Å². The highest BCUT2D eigenvalue weighted by Crippen LogP contribution is 2.58. The Kier molecular flexibility index (Phi) is 4.08. The van der Waals surface area contributed by atoms with Gasteiger partial charge in [-0.1, -0.05) is 41.0 Å². The van der Waals surface area contributed by atoms with Crippen molar-refractivity contribution < 1.29 is 9.47 Å². The van der Waals surface area contributed by atoms with Gasteiger partial charge >= 0.3 is 0 Å². The van der Waals surface area contributed by atoms with Crippen molar-refractivity contribution in [3.63, 3.8) is 0 Å². The van der Waals surface area contributed by atoms with E-state index in [4.69, 9.17) is 9.47 Å². The van der Waals surface area contributed by atoms with Crippen molar-refractivity contribution in [2.75, 3.05) is 0 Å². The first-order valence-corrected chi connectivity index (χ1v) is 8.75. The third-order valence-corrected chi connectivity index (χ3v) is 6.84. The van der Waals surface area contributed by atoms with Crippen LogP contribution in [0.15, 0.2) is 0 Å². The maximum Gasteiger partial charge on any atom is 0.173 e. The Morgan fingerprint density at radius 3 is 1.76 bits per heavy atom. The molecule has 0 aromatic rings. The molecular weight excluding hydrogens is 260 g/mol. The van der Waals surface area contributed by atoms with Crippen molar-refractivity contribution in [1.29, 1.82) is 0 Å². The van der Waals surface area contributed by atoms with Gasteiger partial charge in [-0.3, -0.25) is 0 Å². The maximum atomic E-state index is 6.78. The lowest BCUT2D eigenvalue weighted by Gasteiger charge is -2.65. The summed E-state index contributed by atoms with van der Waals surface area (Å²) in [5, 5.41) is 0. The van der Waals surface area contributed by atoms with Gasteiger partial charge in [0.25, 0.3) is 0 Å². The van der Waals surface area contributed by atoms with Crippen LogP contribution >= 0.6 is 0 Å². The second kappa shape index (κ2) is 4.96. The predicted octanol–water partition coefficient (Wildman–Crippen LogP) is 5.41. The highest BCUT2D eigenvalue weighted by molar-refractivity contribution is 5.07. The van der Waals surface area contributed by atoms with Gasteiger partial charge in [0.05, 0.1) is 11.2 Å². The van der Waals surface area contributed by atoms with Crippen LogP contribution in [-0.2, 0) is 9.47 Å². The van der Waals surface area contributed by atoms with Gasteiger partial charge < -0.3 is 9.47 Å². The molecule has 1 saturated heterocycles. The van der Waals surface area contributed by atoms with Crippen molar-refractivity contribution in [3.05, 3.63) is 0 Å². The minimum absolute atomic E-state index is 0.0343. The van der Waals surface area contributed by atoms with Crippen LogP contribution in [0, 0.1) is 23.2 Å². The second-order valence-corrected chi connectivity index (χ2v) is 9.40. The van der Waals surface area contributed by atoms with E-state index in [1.165, 1.54) is 12.8 Å². The van der Waals surface area contributed by atoms with Crippen molar-refractivity contribution in [2.24, 2.45) is 23.2 Å². The Bertz CT molecular complexity index is 372. The molecule has 1 unspecified atom stereocenters. The fourth-order valence-electron chi connectivity index (χ4n) is 4.36. The smallest absolute Gasteiger partial charge is 0.173 e. The number of hydrogen-bond acceptors (Lipinski definition) is 2. The second-order valence-electron chi connectivity index (χ2n) is 9.40. The lowest BCUT2D eigenvalue weighted by atomic mass is 9.63. The van der Waals surface area contributed by atoms with Gasteiger partial charge in [-0.15, -0.1) is 0 Å². The molecule has 2 rings (SSSR count). The van der Waals surface area contributed by atoms with Gasteiger partial charge in [-0.05, 0) is 46.0 Å². The van der Waals surface area contributed by atoms with Crippen LogP contribution in [-0.4, -0.2) is 17.0 Å². The molecule has 1 spiro atoms. The third-order valence-electron chi connectivity index (χ3n) is 6.84. The van der Waals surface area contributed by atoms with Gasteiger partial charge in [0.1, 0.15) is 0 Å². The maximum absolute atomic E-state index is 6.78. The van der Waals surface area contributed by atoms with Gasteiger partial charge in [0.15, 0.2) is 5.79 Å². The predicted molar refractivity (Wildman–Crippen MR) is 88.2 cm³/mol. The summed E-state index contributed by atoms with van der Waals surface area (Å²) in [6.07, 6.45) is 3.53. The summed E-state index contributed by atoms with van der Waals surface area (Å²) in [6.45, 7) is 20.5. The zero-order valence-electron chi connectivity index (χ0n) is 15.7. The lowest BCUT2D eigenvalue weighted by Crippen LogP contribution is -2.70. The molecule has 2 atom stereocenters. The zero-order chi connectivity index (χ0) is 16.3. The highest BCUT2D eigenvalue weighted by atomic mass is 16.7. The molecule has 1 aliphatic carbocycles. The first-order chi connectivity index (χ1) is 9.35. The Labute approximate surface area is 132 Å². The Hall–Kier alpha value is -0.0800. The number of ether oxygens (including phenoxy) is 2. The van der Waals surface area contributed by atoms with Crippen LogP contribution in [0.5, 0.6) is 0 Å². The summed E-state index contributed by atoms with van der Waals surface area (Å²) < 4.78 is 13.6. The monoisotopic (exact) mass is 296 g/mol. The van der Waals surface area contributed by atoms with E-state index >= 15 is 0 Å². The molecule has 0 radical (unpaired) electrons. The molecule has 2 aliphatic rings. The van der Waals surface area contributed by atoms with E-state index in [9.17, 15) is 0 Å². The van der Waals surface area contributed by atoms with Crippen molar-refractivity contribution >= 4 is 0 Å². The van der Waals surface area contributed by atoms with Crippen LogP contribution in [0.3, 0.4) is 0 Å². The molecule has 0 bridgehead atoms. The fourth-order valence-corrected chi connectivity index (χ4v) is 4.36. The SMILES string of the molecule is CC1CC[C@@H](C(C)C)C2(C1)OC(C)(C)C(C)(C)C(C)(C)O2. The molecule has 0 amide bonds. The van der Waals surface area contributed by atoms with E-state index in [0.29, 0.717) is 17.8 Å². The summed E-state index contributed by atoms with van der Waals surface area (Å²) in [7, 11) is 0. The van der Waals surface area contributed by atoms with Crippen LogP contribution < -0.4 is 0 Å². The van der Waals surface area contributed by atoms with Gasteiger partial charge in [-0.25, -0.2) is 0 Å². The first-order valence-electron chi connectivity index (χ1n) is 8.75. The van der Waals surface area contributed by atoms with Crippen LogP contribution in [0.2, 0.25) is 0 Å². The Morgan fingerprint density at radius 1 is 0.857 bits per heavy atom. The van der Waals surface area contributed by atoms with E-state index in [2.05, 4.69) is 62.3 Å². The lowest BCUT2D eigenvalue weighted by molar-refractivity contribution is -0.437. The van der Waals surface area contributed by atoms with Crippen molar-refractivity contribution in [2.45, 2.75) is 98.6 Å². The summed E-state index contributed by atoms with van der Waals surface area (Å²) >= 11 is 0. The first kappa shape index (κ1) is 17.3. The van der Waals surface area contributed by atoms with E-state index < -0.39 is 5.79 Å². The summed E-state index contributed by atoms with van der Waals surface area (Å²) in [5.74, 6) is 1.34. The van der Waals surface area contributed by atoms with Crippen LogP contribution in [0.25, 0.3) is 0 Å². The molecule has 1 saturated carbocycles. The van der Waals surface area contributed by atoms with Gasteiger partial charge in [0.2, 0.25) is 0 Å². The molecule has 21 heavy (non-hydrogen) atoms. The van der Waals surface area contributed by atoms with Crippen molar-refractivity contribution in [3.8, 4) is 0 Å². The average Bonchev–Trinajstić information content (AvgIpc) is 2.24. The summed E-state index contributed by atoms with van der Waals surface area (Å²) in [6, 6.07) is 0. The van der Waals surface area contributed by atoms with Crippen LogP contribution in [0.1, 0.15) is 81.6 Å². The molecular formula is C19H36O2. The standard InChI is InChI=1S/C19H36O2/c1-13(2)15-11-10-14(3)12-19(15)20-17(6,7)16(4,5)18(8,9)21-19/h13-15H,10-12H2,1-9H3/t14?,15-/m0/s1. The van der Waals surface area contributed by atoms with E-state index in [-0.39, 0.29) is 16.6 Å². The zero-order valence-corrected chi connectivity index (χ0v) is 15.7. The topological polar surface area (TPSA) is 18.5 Å². The summed E-state index contributed by atoms with van der Waals surface area (Å²) in [5.41, 5.74) is -0.425. The van der Waals surface area contributed by atoms with Crippen LogP contribution in [0.4, 0.5) is 0 Å². The molecule has 0 N–H and O–H groups in total. The fraction of sp³-hybridized carbons (Fsp3) is 1.00. The van der Waals surface area contributed by atoms with Gasteiger partial charge in [-0.2, -0.15) is 0 Å². The molecule has 2 fully saturated rings. The molecule has 2 heteroatoms. The Morgan fingerprint density at radius 2 is 1.33 bits per heavy atom. The average molecular weight is 296 g/mol. The molecule has 0 aromatic carbocycles. The highest BCUT2D eigenvalue weighted by Gasteiger charge is 2.63. The molecule has 1 aliphatic heterocycles. The largest absolute Gasteiger partial charge is 0.343 e. The molecule has 124 valence electrons. The number of rotatable bonds is 1. The van der Waals surface area contributed by atoms with E-state index in [1.54, 1.807) is 0 Å². The molecule has 1 heterocycles. The Balaban J connectivity index is 2.46. The van der Waals surface area contributed by atoms with E-state index in [1.807, 2.05) is 0 Å². The summed E-state index contributed by atoms with van der Waals surface area (Å²) in [4.78, 5) is 0. The minimum Gasteiger partial charge on any atom is -0.343 e. The van der Waals surface area contributed by atoms with Crippen molar-refractivity contribution in [1.82, 2.24) is 0 Å². The molecule has 2 nitrogen and oxygen atoms in total. The number of hydrogen-bond donors (Lipinski definition) is 0.